The number of fused-ring (bicyclic) bond motifs is 1. The van der Waals surface area contributed by atoms with Crippen molar-refractivity contribution in [3.63, 3.8) is 0 Å². The third-order valence-electron chi connectivity index (χ3n) is 5.87. The van der Waals surface area contributed by atoms with Gasteiger partial charge >= 0.3 is 0 Å². The number of aliphatic hydroxyl groups excluding tert-OH is 4. The Morgan fingerprint density at radius 1 is 1.18 bits per heavy atom. The van der Waals surface area contributed by atoms with Gasteiger partial charge in [-0.3, -0.25) is 4.79 Å². The van der Waals surface area contributed by atoms with E-state index in [9.17, 15) is 4.79 Å². The summed E-state index contributed by atoms with van der Waals surface area (Å²) in [6, 6.07) is 5.79. The summed E-state index contributed by atoms with van der Waals surface area (Å²) in [4.78, 5) is 11.7. The molecular weight excluding hydrogens is 428 g/mol. The van der Waals surface area contributed by atoms with Gasteiger partial charge in [0.25, 0.3) is 5.91 Å². The van der Waals surface area contributed by atoms with Crippen LogP contribution in [0.1, 0.15) is 55.8 Å². The molecule has 0 bridgehead atoms. The van der Waals surface area contributed by atoms with E-state index in [2.05, 4.69) is 4.57 Å². The van der Waals surface area contributed by atoms with Crippen molar-refractivity contribution in [3.05, 3.63) is 30.0 Å². The second-order valence-electron chi connectivity index (χ2n) is 8.56. The molecule has 1 saturated carbocycles. The first kappa shape index (κ1) is 27.1. The van der Waals surface area contributed by atoms with Crippen molar-refractivity contribution in [3.8, 4) is 5.75 Å². The van der Waals surface area contributed by atoms with Crippen molar-refractivity contribution in [1.29, 1.82) is 0 Å². The normalized spacial score (nSPS) is 17.2. The van der Waals surface area contributed by atoms with Gasteiger partial charge in [0.05, 0.1) is 43.6 Å². The first-order valence-electron chi connectivity index (χ1n) is 11.5. The Morgan fingerprint density at radius 3 is 2.42 bits per heavy atom. The minimum absolute atomic E-state index is 0.109. The largest absolute Gasteiger partial charge is 0.497 e. The topological polar surface area (TPSA) is 147 Å². The molecule has 3 atom stereocenters. The molecule has 1 heterocycles. The van der Waals surface area contributed by atoms with Gasteiger partial charge < -0.3 is 40.2 Å². The Morgan fingerprint density at radius 2 is 1.88 bits per heavy atom. The molecule has 0 radical (unpaired) electrons. The maximum Gasteiger partial charge on any atom is 0.250 e. The summed E-state index contributed by atoms with van der Waals surface area (Å²) in [5, 5.41) is 35.8. The Hall–Kier alpha value is -2.17. The van der Waals surface area contributed by atoms with Crippen molar-refractivity contribution < 1.29 is 34.7 Å². The van der Waals surface area contributed by atoms with Crippen LogP contribution in [-0.4, -0.2) is 69.7 Å². The maximum absolute atomic E-state index is 11.7. The number of nitrogens with zero attached hydrogens (tertiary/aromatic N) is 1. The molecule has 9 heteroatoms. The van der Waals surface area contributed by atoms with Gasteiger partial charge in [0.2, 0.25) is 0 Å². The number of rotatable bonds is 10. The van der Waals surface area contributed by atoms with Crippen LogP contribution in [0.25, 0.3) is 10.9 Å². The van der Waals surface area contributed by atoms with E-state index >= 15 is 0 Å². The van der Waals surface area contributed by atoms with Crippen LogP contribution in [0.4, 0.5) is 0 Å². The van der Waals surface area contributed by atoms with E-state index in [0.29, 0.717) is 11.5 Å². The second kappa shape index (κ2) is 13.5. The molecule has 9 nitrogen and oxygen atoms in total. The number of amides is 1. The Bertz CT molecular complexity index is 862. The number of primary amides is 1. The van der Waals surface area contributed by atoms with Gasteiger partial charge in [0, 0.05) is 30.6 Å². The molecule has 186 valence electrons. The Balaban J connectivity index is 0.000000277. The van der Waals surface area contributed by atoms with Gasteiger partial charge in [-0.05, 0) is 37.8 Å². The smallest absolute Gasteiger partial charge is 0.250 e. The number of hydrogen-bond acceptors (Lipinski definition) is 7. The number of ether oxygens (including phenoxy) is 2. The van der Waals surface area contributed by atoms with Crippen molar-refractivity contribution in [2.24, 2.45) is 11.7 Å². The lowest BCUT2D eigenvalue weighted by Gasteiger charge is -2.22. The Kier molecular flexibility index (Phi) is 11.1. The average molecular weight is 467 g/mol. The van der Waals surface area contributed by atoms with Gasteiger partial charge in [-0.1, -0.05) is 19.3 Å². The van der Waals surface area contributed by atoms with Crippen LogP contribution in [0.15, 0.2) is 24.4 Å². The van der Waals surface area contributed by atoms with Crippen LogP contribution in [0.5, 0.6) is 5.75 Å². The highest BCUT2D eigenvalue weighted by Crippen LogP contribution is 2.30. The van der Waals surface area contributed by atoms with E-state index in [1.165, 1.54) is 39.0 Å². The maximum atomic E-state index is 11.7. The van der Waals surface area contributed by atoms with Gasteiger partial charge in [-0.15, -0.1) is 0 Å². The summed E-state index contributed by atoms with van der Waals surface area (Å²) >= 11 is 0. The molecule has 0 spiro atoms. The molecule has 1 amide bonds. The SMILES string of the molecule is CC(O)OC(CO)CC(O)CO.COc1ccc2c(C(N)=O)cn(CC3CCCCC3)c2c1. The lowest BCUT2D eigenvalue weighted by atomic mass is 9.89. The van der Waals surface area contributed by atoms with Crippen LogP contribution in [0, 0.1) is 5.92 Å². The molecule has 1 aromatic heterocycles. The van der Waals surface area contributed by atoms with E-state index in [0.717, 1.165) is 23.2 Å². The molecule has 3 unspecified atom stereocenters. The van der Waals surface area contributed by atoms with E-state index in [-0.39, 0.29) is 25.5 Å². The lowest BCUT2D eigenvalue weighted by molar-refractivity contribution is -0.146. The van der Waals surface area contributed by atoms with Crippen LogP contribution < -0.4 is 10.5 Å². The van der Waals surface area contributed by atoms with Crippen molar-refractivity contribution in [1.82, 2.24) is 4.57 Å². The zero-order chi connectivity index (χ0) is 24.4. The summed E-state index contributed by atoms with van der Waals surface area (Å²) in [7, 11) is 1.66. The first-order valence-corrected chi connectivity index (χ1v) is 11.5. The molecule has 1 aromatic carbocycles. The molecule has 0 saturated heterocycles. The number of nitrogens with two attached hydrogens (primary N) is 1. The lowest BCUT2D eigenvalue weighted by Crippen LogP contribution is -2.29. The van der Waals surface area contributed by atoms with Crippen LogP contribution >= 0.6 is 0 Å². The average Bonchev–Trinajstić information content (AvgIpc) is 3.17. The first-order chi connectivity index (χ1) is 15.8. The minimum Gasteiger partial charge on any atom is -0.497 e. The molecule has 33 heavy (non-hydrogen) atoms. The number of aliphatic hydroxyl groups is 4. The molecular formula is C24H38N2O7. The fourth-order valence-electron chi connectivity index (χ4n) is 4.22. The highest BCUT2D eigenvalue weighted by atomic mass is 16.6. The molecule has 1 aliphatic carbocycles. The number of methoxy groups -OCH3 is 1. The number of carbonyl (C=O) groups excluding carboxylic acids is 1. The third-order valence-corrected chi connectivity index (χ3v) is 5.87. The molecule has 6 N–H and O–H groups in total. The van der Waals surface area contributed by atoms with E-state index in [1.807, 2.05) is 24.4 Å². The van der Waals surface area contributed by atoms with Gasteiger partial charge in [-0.2, -0.15) is 0 Å². The zero-order valence-electron chi connectivity index (χ0n) is 19.5. The predicted octanol–water partition coefficient (Wildman–Crippen LogP) is 1.77. The van der Waals surface area contributed by atoms with E-state index in [1.54, 1.807) is 7.11 Å². The molecule has 1 fully saturated rings. The highest BCUT2D eigenvalue weighted by Gasteiger charge is 2.18. The van der Waals surface area contributed by atoms with Crippen molar-refractivity contribution in [2.45, 2.75) is 70.5 Å². The molecule has 0 aliphatic heterocycles. The number of benzene rings is 1. The summed E-state index contributed by atoms with van der Waals surface area (Å²) in [5.41, 5.74) is 7.15. The molecule has 1 aliphatic rings. The molecule has 2 aromatic rings. The monoisotopic (exact) mass is 466 g/mol. The number of hydrogen-bond donors (Lipinski definition) is 5. The second-order valence-corrected chi connectivity index (χ2v) is 8.56. The standard InChI is InChI=1S/C17H22N2O2.C7H16O5/c1-21-13-7-8-14-15(17(18)20)11-19(16(14)9-13)10-12-5-3-2-4-6-12;1-5(10)12-7(4-9)2-6(11)3-8/h7-9,11-12H,2-6,10H2,1H3,(H2,18,20);5-11H,2-4H2,1H3. The van der Waals surface area contributed by atoms with Gasteiger partial charge in [0.15, 0.2) is 6.29 Å². The summed E-state index contributed by atoms with van der Waals surface area (Å²) < 4.78 is 12.3. The van der Waals surface area contributed by atoms with E-state index < -0.39 is 18.5 Å². The molecule has 3 rings (SSSR count). The summed E-state index contributed by atoms with van der Waals surface area (Å²) in [6.07, 6.45) is 6.01. The fraction of sp³-hybridized carbons (Fsp3) is 0.625. The quantitative estimate of drug-likeness (QED) is 0.335. The Labute approximate surface area is 194 Å². The van der Waals surface area contributed by atoms with Crippen molar-refractivity contribution >= 4 is 16.8 Å². The highest BCUT2D eigenvalue weighted by molar-refractivity contribution is 6.06. The summed E-state index contributed by atoms with van der Waals surface area (Å²) in [6.45, 7) is 1.70. The minimum atomic E-state index is -0.979. The van der Waals surface area contributed by atoms with Gasteiger partial charge in [0.1, 0.15) is 5.75 Å². The van der Waals surface area contributed by atoms with Crippen LogP contribution in [0.3, 0.4) is 0 Å². The number of aromatic nitrogens is 1. The van der Waals surface area contributed by atoms with Crippen LogP contribution in [-0.2, 0) is 11.3 Å². The predicted molar refractivity (Wildman–Crippen MR) is 125 cm³/mol. The zero-order valence-corrected chi connectivity index (χ0v) is 19.5. The van der Waals surface area contributed by atoms with Gasteiger partial charge in [-0.25, -0.2) is 0 Å². The van der Waals surface area contributed by atoms with Crippen molar-refractivity contribution in [2.75, 3.05) is 20.3 Å². The third kappa shape index (κ3) is 8.28. The summed E-state index contributed by atoms with van der Waals surface area (Å²) in [5.74, 6) is 1.13. The van der Waals surface area contributed by atoms with Crippen LogP contribution in [0.2, 0.25) is 0 Å². The number of carbonyl (C=O) groups is 1. The fourth-order valence-corrected chi connectivity index (χ4v) is 4.22. The van der Waals surface area contributed by atoms with E-state index in [4.69, 9.17) is 35.6 Å².